The number of nitrogens with two attached hydrogens (primary N) is 1. The lowest BCUT2D eigenvalue weighted by Gasteiger charge is -2.30. The summed E-state index contributed by atoms with van der Waals surface area (Å²) in [7, 11) is -0.168. The van der Waals surface area contributed by atoms with Crippen molar-refractivity contribution < 1.29 is 8.42 Å². The number of rotatable bonds is 6. The fourth-order valence-corrected chi connectivity index (χ4v) is 2.46. The minimum absolute atomic E-state index is 0.198. The number of nitrogens with zero attached hydrogens (tertiary/aromatic N) is 2. The van der Waals surface area contributed by atoms with Crippen LogP contribution in [0.15, 0.2) is 0 Å². The fraction of sp³-hybridized carbons (Fsp3) is 1.00. The van der Waals surface area contributed by atoms with Crippen molar-refractivity contribution in [3.8, 4) is 0 Å². The van der Waals surface area contributed by atoms with Crippen molar-refractivity contribution in [2.45, 2.75) is 20.8 Å². The molecule has 0 radical (unpaired) electrons. The van der Waals surface area contributed by atoms with Crippen LogP contribution in [0.1, 0.15) is 20.8 Å². The van der Waals surface area contributed by atoms with Gasteiger partial charge in [-0.2, -0.15) is 17.0 Å². The molecule has 0 aromatic heterocycles. The Hall–Kier alpha value is -0.170. The van der Waals surface area contributed by atoms with Crippen LogP contribution in [0.4, 0.5) is 0 Å². The van der Waals surface area contributed by atoms with Crippen LogP contribution in [-0.2, 0) is 10.2 Å². The monoisotopic (exact) mass is 237 g/mol. The van der Waals surface area contributed by atoms with Crippen LogP contribution in [0.25, 0.3) is 0 Å². The third-order valence-electron chi connectivity index (χ3n) is 2.44. The van der Waals surface area contributed by atoms with Gasteiger partial charge >= 0.3 is 0 Å². The highest BCUT2D eigenvalue weighted by molar-refractivity contribution is 7.86. The zero-order chi connectivity index (χ0) is 12.3. The molecule has 0 aliphatic heterocycles. The molecule has 2 N–H and O–H groups in total. The van der Waals surface area contributed by atoms with Crippen LogP contribution >= 0.6 is 0 Å². The summed E-state index contributed by atoms with van der Waals surface area (Å²) in [6, 6.07) is 0. The normalized spacial score (nSPS) is 13.9. The van der Waals surface area contributed by atoms with Gasteiger partial charge in [0.15, 0.2) is 0 Å². The first-order chi connectivity index (χ1) is 6.67. The standard InChI is InChI=1S/C9H23N3O2S/c1-6-11(4)15(13,14)12(5)8-9(2,3)7-10/h6-8,10H2,1-5H3. The van der Waals surface area contributed by atoms with E-state index in [4.69, 9.17) is 5.73 Å². The first kappa shape index (κ1) is 14.8. The molecule has 0 saturated carbocycles. The van der Waals surface area contributed by atoms with E-state index in [2.05, 4.69) is 0 Å². The molecule has 0 atom stereocenters. The molecule has 92 valence electrons. The molecule has 0 saturated heterocycles. The van der Waals surface area contributed by atoms with Gasteiger partial charge in [-0.1, -0.05) is 20.8 Å². The highest BCUT2D eigenvalue weighted by Gasteiger charge is 2.27. The van der Waals surface area contributed by atoms with Crippen LogP contribution in [0.3, 0.4) is 0 Å². The van der Waals surface area contributed by atoms with Gasteiger partial charge in [0, 0.05) is 27.2 Å². The summed E-state index contributed by atoms with van der Waals surface area (Å²) in [6.45, 7) is 7.06. The van der Waals surface area contributed by atoms with Gasteiger partial charge in [0.25, 0.3) is 10.2 Å². The van der Waals surface area contributed by atoms with E-state index in [-0.39, 0.29) is 5.41 Å². The van der Waals surface area contributed by atoms with Gasteiger partial charge in [-0.3, -0.25) is 0 Å². The van der Waals surface area contributed by atoms with Crippen LogP contribution in [0, 0.1) is 5.41 Å². The molecule has 0 heterocycles. The van der Waals surface area contributed by atoms with Crippen molar-refractivity contribution in [2.24, 2.45) is 11.1 Å². The Morgan fingerprint density at radius 2 is 1.67 bits per heavy atom. The largest absolute Gasteiger partial charge is 0.330 e. The maximum absolute atomic E-state index is 11.9. The van der Waals surface area contributed by atoms with E-state index >= 15 is 0 Å². The van der Waals surface area contributed by atoms with Gasteiger partial charge < -0.3 is 5.73 Å². The van der Waals surface area contributed by atoms with Crippen molar-refractivity contribution in [2.75, 3.05) is 33.7 Å². The summed E-state index contributed by atoms with van der Waals surface area (Å²) in [6.07, 6.45) is 0. The van der Waals surface area contributed by atoms with E-state index in [0.717, 1.165) is 0 Å². The minimum atomic E-state index is -3.32. The van der Waals surface area contributed by atoms with Crippen molar-refractivity contribution in [3.63, 3.8) is 0 Å². The molecule has 6 heteroatoms. The lowest BCUT2D eigenvalue weighted by atomic mass is 9.94. The first-order valence-corrected chi connectivity index (χ1v) is 6.44. The molecule has 5 nitrogen and oxygen atoms in total. The Kier molecular flexibility index (Phi) is 5.19. The maximum atomic E-state index is 11.9. The molecule has 0 aromatic rings. The molecular formula is C9H23N3O2S. The van der Waals surface area contributed by atoms with E-state index in [1.54, 1.807) is 21.0 Å². The molecule has 0 bridgehead atoms. The van der Waals surface area contributed by atoms with Crippen molar-refractivity contribution in [1.29, 1.82) is 0 Å². The van der Waals surface area contributed by atoms with Crippen molar-refractivity contribution in [1.82, 2.24) is 8.61 Å². The summed E-state index contributed by atoms with van der Waals surface area (Å²) in [5.74, 6) is 0. The second-order valence-electron chi connectivity index (χ2n) is 4.55. The summed E-state index contributed by atoms with van der Waals surface area (Å²) >= 11 is 0. The Balaban J connectivity index is 4.66. The Morgan fingerprint density at radius 1 is 1.20 bits per heavy atom. The summed E-state index contributed by atoms with van der Waals surface area (Å²) < 4.78 is 26.4. The van der Waals surface area contributed by atoms with Crippen LogP contribution in [0.2, 0.25) is 0 Å². The topological polar surface area (TPSA) is 66.6 Å². The molecule has 0 rings (SSSR count). The van der Waals surface area contributed by atoms with E-state index in [1.165, 1.54) is 8.61 Å². The number of hydrogen-bond donors (Lipinski definition) is 1. The highest BCUT2D eigenvalue weighted by Crippen LogP contribution is 2.16. The minimum Gasteiger partial charge on any atom is -0.330 e. The third kappa shape index (κ3) is 4.06. The predicted octanol–water partition coefficient (Wildman–Crippen LogP) is 0.0996. The molecule has 15 heavy (non-hydrogen) atoms. The van der Waals surface area contributed by atoms with E-state index in [9.17, 15) is 8.42 Å². The molecule has 0 aliphatic carbocycles. The van der Waals surface area contributed by atoms with Crippen LogP contribution in [0.5, 0.6) is 0 Å². The van der Waals surface area contributed by atoms with Gasteiger partial charge in [-0.05, 0) is 12.0 Å². The average molecular weight is 237 g/mol. The highest BCUT2D eigenvalue weighted by atomic mass is 32.2. The zero-order valence-corrected chi connectivity index (χ0v) is 11.1. The molecule has 0 fully saturated rings. The van der Waals surface area contributed by atoms with Gasteiger partial charge in [0.05, 0.1) is 0 Å². The van der Waals surface area contributed by atoms with Crippen molar-refractivity contribution >= 4 is 10.2 Å². The third-order valence-corrected chi connectivity index (χ3v) is 4.40. The molecule has 0 aliphatic rings. The maximum Gasteiger partial charge on any atom is 0.281 e. The molecule has 0 aromatic carbocycles. The second-order valence-corrected chi connectivity index (χ2v) is 6.69. The fourth-order valence-electron chi connectivity index (χ4n) is 1.15. The van der Waals surface area contributed by atoms with Gasteiger partial charge in [0.2, 0.25) is 0 Å². The van der Waals surface area contributed by atoms with Gasteiger partial charge in [-0.15, -0.1) is 0 Å². The first-order valence-electron chi connectivity index (χ1n) is 5.05. The Morgan fingerprint density at radius 3 is 2.00 bits per heavy atom. The molecule has 0 amide bonds. The predicted molar refractivity (Wildman–Crippen MR) is 62.7 cm³/mol. The zero-order valence-electron chi connectivity index (χ0n) is 10.3. The lowest BCUT2D eigenvalue weighted by Crippen LogP contribution is -2.45. The van der Waals surface area contributed by atoms with E-state index in [0.29, 0.717) is 19.6 Å². The quantitative estimate of drug-likeness (QED) is 0.712. The van der Waals surface area contributed by atoms with E-state index < -0.39 is 10.2 Å². The summed E-state index contributed by atoms with van der Waals surface area (Å²) in [4.78, 5) is 0. The van der Waals surface area contributed by atoms with Gasteiger partial charge in [0.1, 0.15) is 0 Å². The van der Waals surface area contributed by atoms with Crippen LogP contribution < -0.4 is 5.73 Å². The number of hydrogen-bond acceptors (Lipinski definition) is 3. The van der Waals surface area contributed by atoms with E-state index in [1.807, 2.05) is 13.8 Å². The Bertz CT molecular complexity index is 288. The smallest absolute Gasteiger partial charge is 0.281 e. The average Bonchev–Trinajstić information content (AvgIpc) is 2.15. The summed E-state index contributed by atoms with van der Waals surface area (Å²) in [5.41, 5.74) is 5.37. The molecule has 0 spiro atoms. The van der Waals surface area contributed by atoms with Crippen molar-refractivity contribution in [3.05, 3.63) is 0 Å². The van der Waals surface area contributed by atoms with Crippen LogP contribution in [-0.4, -0.2) is 50.8 Å². The Labute approximate surface area is 93.4 Å². The van der Waals surface area contributed by atoms with Gasteiger partial charge in [-0.25, -0.2) is 0 Å². The molecule has 0 unspecified atom stereocenters. The summed E-state index contributed by atoms with van der Waals surface area (Å²) in [5, 5.41) is 0. The second kappa shape index (κ2) is 5.25. The molecular weight excluding hydrogens is 214 g/mol. The SMILES string of the molecule is CCN(C)S(=O)(=O)N(C)CC(C)(C)CN. The lowest BCUT2D eigenvalue weighted by molar-refractivity contribution is 0.279.